The third kappa shape index (κ3) is 3.18. The lowest BCUT2D eigenvalue weighted by Crippen LogP contribution is -2.33. The first-order valence-corrected chi connectivity index (χ1v) is 7.76. The molecule has 2 rings (SSSR count). The largest absolute Gasteiger partial charge is 0.496 e. The summed E-state index contributed by atoms with van der Waals surface area (Å²) in [6, 6.07) is 6.87. The molecule has 0 saturated carbocycles. The molecule has 17 heavy (non-hydrogen) atoms. The minimum Gasteiger partial charge on any atom is -0.496 e. The van der Waals surface area contributed by atoms with E-state index in [1.165, 1.54) is 17.1 Å². The van der Waals surface area contributed by atoms with Crippen LogP contribution < -0.4 is 10.1 Å². The van der Waals surface area contributed by atoms with Gasteiger partial charge in [0.05, 0.1) is 7.11 Å². The molecule has 1 heterocycles. The molecule has 2 unspecified atom stereocenters. The number of rotatable bonds is 4. The van der Waals surface area contributed by atoms with Crippen LogP contribution in [0.25, 0.3) is 0 Å². The van der Waals surface area contributed by atoms with Gasteiger partial charge in [-0.3, -0.25) is 0 Å². The molecule has 1 N–H and O–H groups in total. The van der Waals surface area contributed by atoms with Gasteiger partial charge in [0.1, 0.15) is 5.75 Å². The van der Waals surface area contributed by atoms with E-state index in [-0.39, 0.29) is 0 Å². The van der Waals surface area contributed by atoms with Gasteiger partial charge < -0.3 is 10.1 Å². The molecule has 1 aromatic rings. The number of ether oxygens (including phenoxy) is 1. The zero-order valence-corrected chi connectivity index (χ0v) is 12.6. The topological polar surface area (TPSA) is 21.3 Å². The van der Waals surface area contributed by atoms with Crippen LogP contribution in [0.3, 0.4) is 0 Å². The fourth-order valence-electron chi connectivity index (χ4n) is 2.31. The Bertz CT molecular complexity index is 386. The van der Waals surface area contributed by atoms with Crippen LogP contribution in [-0.2, 0) is 6.42 Å². The highest BCUT2D eigenvalue weighted by Crippen LogP contribution is 2.31. The smallest absolute Gasteiger partial charge is 0.122 e. The van der Waals surface area contributed by atoms with Crippen LogP contribution in [0.4, 0.5) is 0 Å². The molecule has 1 aromatic carbocycles. The van der Waals surface area contributed by atoms with Crippen molar-refractivity contribution in [3.8, 4) is 5.75 Å². The summed E-state index contributed by atoms with van der Waals surface area (Å²) in [5.41, 5.74) is 1.30. The van der Waals surface area contributed by atoms with Gasteiger partial charge in [0.2, 0.25) is 0 Å². The lowest BCUT2D eigenvalue weighted by Gasteiger charge is -2.19. The fourth-order valence-corrected chi connectivity index (χ4v) is 4.20. The first-order chi connectivity index (χ1) is 8.24. The number of methoxy groups -OCH3 is 1. The van der Waals surface area contributed by atoms with E-state index in [1.54, 1.807) is 7.11 Å². The highest BCUT2D eigenvalue weighted by Gasteiger charge is 2.27. The zero-order chi connectivity index (χ0) is 12.3. The van der Waals surface area contributed by atoms with Crippen molar-refractivity contribution in [2.75, 3.05) is 25.7 Å². The molecule has 0 radical (unpaired) electrons. The number of halogens is 1. The normalized spacial score (nSPS) is 23.9. The van der Waals surface area contributed by atoms with Crippen molar-refractivity contribution in [1.82, 2.24) is 5.32 Å². The lowest BCUT2D eigenvalue weighted by atomic mass is 9.94. The molecule has 0 bridgehead atoms. The average Bonchev–Trinajstić information content (AvgIpc) is 2.77. The molecule has 1 fully saturated rings. The van der Waals surface area contributed by atoms with E-state index < -0.39 is 0 Å². The molecule has 0 spiro atoms. The van der Waals surface area contributed by atoms with Gasteiger partial charge in [-0.25, -0.2) is 0 Å². The van der Waals surface area contributed by atoms with Gasteiger partial charge in [-0.05, 0) is 48.9 Å². The van der Waals surface area contributed by atoms with Crippen LogP contribution in [0.5, 0.6) is 5.75 Å². The Morgan fingerprint density at radius 3 is 3.00 bits per heavy atom. The van der Waals surface area contributed by atoms with Gasteiger partial charge in [0, 0.05) is 16.3 Å². The summed E-state index contributed by atoms with van der Waals surface area (Å²) in [5, 5.41) is 3.41. The van der Waals surface area contributed by atoms with Gasteiger partial charge in [-0.1, -0.05) is 15.9 Å². The second-order valence-corrected chi connectivity index (χ2v) is 6.34. The predicted octanol–water partition coefficient (Wildman–Crippen LogP) is 2.95. The van der Waals surface area contributed by atoms with E-state index in [9.17, 15) is 0 Å². The summed E-state index contributed by atoms with van der Waals surface area (Å²) in [6.07, 6.45) is 1.08. The third-order valence-corrected chi connectivity index (χ3v) is 5.05. The Labute approximate surface area is 116 Å². The molecule has 1 aliphatic rings. The van der Waals surface area contributed by atoms with Crippen LogP contribution in [0.15, 0.2) is 22.7 Å². The molecule has 4 heteroatoms. The highest BCUT2D eigenvalue weighted by atomic mass is 79.9. The Morgan fingerprint density at radius 2 is 2.29 bits per heavy atom. The molecule has 0 aliphatic carbocycles. The first kappa shape index (κ1) is 13.2. The van der Waals surface area contributed by atoms with Crippen molar-refractivity contribution in [3.63, 3.8) is 0 Å². The maximum absolute atomic E-state index is 5.43. The summed E-state index contributed by atoms with van der Waals surface area (Å²) in [6.45, 7) is 0. The summed E-state index contributed by atoms with van der Waals surface area (Å²) >= 11 is 5.57. The van der Waals surface area contributed by atoms with Crippen molar-refractivity contribution in [2.45, 2.75) is 12.5 Å². The van der Waals surface area contributed by atoms with E-state index in [1.807, 2.05) is 23.9 Å². The number of hydrogen-bond donors (Lipinski definition) is 1. The Balaban J connectivity index is 2.14. The van der Waals surface area contributed by atoms with Gasteiger partial charge >= 0.3 is 0 Å². The van der Waals surface area contributed by atoms with E-state index in [4.69, 9.17) is 4.74 Å². The zero-order valence-electron chi connectivity index (χ0n) is 10.2. The molecular weight excluding hydrogens is 298 g/mol. The fraction of sp³-hybridized carbons (Fsp3) is 0.538. The molecule has 0 amide bonds. The maximum Gasteiger partial charge on any atom is 0.122 e. The Morgan fingerprint density at radius 1 is 1.47 bits per heavy atom. The Kier molecular flexibility index (Phi) is 4.77. The van der Waals surface area contributed by atoms with Crippen molar-refractivity contribution in [1.29, 1.82) is 0 Å². The molecule has 2 nitrogen and oxygen atoms in total. The van der Waals surface area contributed by atoms with E-state index >= 15 is 0 Å². The predicted molar refractivity (Wildman–Crippen MR) is 78.1 cm³/mol. The quantitative estimate of drug-likeness (QED) is 0.923. The van der Waals surface area contributed by atoms with Crippen LogP contribution in [0.2, 0.25) is 0 Å². The number of benzene rings is 1. The van der Waals surface area contributed by atoms with Gasteiger partial charge in [-0.15, -0.1) is 0 Å². The first-order valence-electron chi connectivity index (χ1n) is 5.82. The van der Waals surface area contributed by atoms with Gasteiger partial charge in [0.25, 0.3) is 0 Å². The van der Waals surface area contributed by atoms with Crippen molar-refractivity contribution < 1.29 is 4.74 Å². The van der Waals surface area contributed by atoms with Crippen molar-refractivity contribution >= 4 is 27.7 Å². The molecule has 1 saturated heterocycles. The number of nitrogens with one attached hydrogen (secondary N) is 1. The lowest BCUT2D eigenvalue weighted by molar-refractivity contribution is 0.398. The van der Waals surface area contributed by atoms with Crippen molar-refractivity contribution in [3.05, 3.63) is 28.2 Å². The van der Waals surface area contributed by atoms with Gasteiger partial charge in [-0.2, -0.15) is 11.8 Å². The van der Waals surface area contributed by atoms with Crippen LogP contribution in [-0.4, -0.2) is 31.7 Å². The van der Waals surface area contributed by atoms with Crippen molar-refractivity contribution in [2.24, 2.45) is 5.92 Å². The summed E-state index contributed by atoms with van der Waals surface area (Å²) in [5.74, 6) is 4.16. The molecular formula is C13H18BrNOS. The minimum atomic E-state index is 0.628. The monoisotopic (exact) mass is 315 g/mol. The molecule has 1 aliphatic heterocycles. The second-order valence-electron chi connectivity index (χ2n) is 4.35. The second kappa shape index (κ2) is 6.12. The van der Waals surface area contributed by atoms with E-state index in [2.05, 4.69) is 34.4 Å². The SMILES string of the molecule is CNC1CSCC1Cc1cc(Br)ccc1OC. The number of hydrogen-bond acceptors (Lipinski definition) is 3. The minimum absolute atomic E-state index is 0.628. The summed E-state index contributed by atoms with van der Waals surface area (Å²) in [4.78, 5) is 0. The summed E-state index contributed by atoms with van der Waals surface area (Å²) in [7, 11) is 3.80. The van der Waals surface area contributed by atoms with Gasteiger partial charge in [0.15, 0.2) is 0 Å². The van der Waals surface area contributed by atoms with E-state index in [0.29, 0.717) is 12.0 Å². The Hall–Kier alpha value is -0.190. The van der Waals surface area contributed by atoms with Crippen LogP contribution in [0.1, 0.15) is 5.56 Å². The summed E-state index contributed by atoms with van der Waals surface area (Å²) < 4.78 is 6.56. The third-order valence-electron chi connectivity index (χ3n) is 3.29. The highest BCUT2D eigenvalue weighted by molar-refractivity contribution is 9.10. The standard InChI is InChI=1S/C13H18BrNOS/c1-15-12-8-17-7-10(12)5-9-6-11(14)3-4-13(9)16-2/h3-4,6,10,12,15H,5,7-8H2,1-2H3. The van der Waals surface area contributed by atoms with Crippen LogP contribution >= 0.6 is 27.7 Å². The average molecular weight is 316 g/mol. The van der Waals surface area contributed by atoms with Crippen LogP contribution in [0, 0.1) is 5.92 Å². The van der Waals surface area contributed by atoms with E-state index in [0.717, 1.165) is 16.6 Å². The molecule has 94 valence electrons. The molecule has 2 atom stereocenters. The molecule has 0 aromatic heterocycles. The maximum atomic E-state index is 5.43. The number of thioether (sulfide) groups is 1.